The topological polar surface area (TPSA) is 58.1 Å². The molecule has 0 spiro atoms. The minimum Gasteiger partial charge on any atom is -0.352 e. The zero-order chi connectivity index (χ0) is 16.3. The van der Waals surface area contributed by atoms with Crippen molar-refractivity contribution in [2.45, 2.75) is 26.8 Å². The van der Waals surface area contributed by atoms with E-state index in [9.17, 15) is 4.79 Å². The molecule has 0 bridgehead atoms. The molecule has 5 nitrogen and oxygen atoms in total. The number of ketones is 1. The molecule has 2 rings (SSSR count). The van der Waals surface area contributed by atoms with Crippen molar-refractivity contribution < 1.29 is 4.79 Å². The highest BCUT2D eigenvalue weighted by atomic mass is 32.1. The van der Waals surface area contributed by atoms with Crippen LogP contribution in [0.4, 0.5) is 5.95 Å². The first kappa shape index (κ1) is 16.6. The lowest BCUT2D eigenvalue weighted by Crippen LogP contribution is -2.27. The van der Waals surface area contributed by atoms with Crippen molar-refractivity contribution in [2.24, 2.45) is 0 Å². The molecule has 0 amide bonds. The van der Waals surface area contributed by atoms with Crippen LogP contribution in [0.2, 0.25) is 0 Å². The fourth-order valence-electron chi connectivity index (χ4n) is 2.32. The molecule has 22 heavy (non-hydrogen) atoms. The molecule has 0 aromatic carbocycles. The van der Waals surface area contributed by atoms with Crippen LogP contribution in [0.15, 0.2) is 17.6 Å². The van der Waals surface area contributed by atoms with Gasteiger partial charge in [-0.1, -0.05) is 0 Å². The van der Waals surface area contributed by atoms with Crippen LogP contribution in [-0.2, 0) is 0 Å². The van der Waals surface area contributed by atoms with Gasteiger partial charge in [0.25, 0.3) is 0 Å². The van der Waals surface area contributed by atoms with E-state index in [2.05, 4.69) is 52.7 Å². The van der Waals surface area contributed by atoms with Crippen molar-refractivity contribution in [2.75, 3.05) is 26.0 Å². The summed E-state index contributed by atoms with van der Waals surface area (Å²) in [7, 11) is 4.13. The molecular formula is C16H22N4OS. The predicted molar refractivity (Wildman–Crippen MR) is 90.7 cm³/mol. The first-order chi connectivity index (χ1) is 10.4. The summed E-state index contributed by atoms with van der Waals surface area (Å²) in [6.45, 7) is 6.20. The number of thiophene rings is 1. The van der Waals surface area contributed by atoms with Gasteiger partial charge in [0.1, 0.15) is 0 Å². The Morgan fingerprint density at radius 3 is 2.64 bits per heavy atom. The van der Waals surface area contributed by atoms with Crippen molar-refractivity contribution in [1.82, 2.24) is 14.9 Å². The molecule has 6 heteroatoms. The minimum absolute atomic E-state index is 0.00979. The molecular weight excluding hydrogens is 296 g/mol. The molecule has 1 N–H and O–H groups in total. The Balaban J connectivity index is 2.12. The average molecular weight is 318 g/mol. The molecule has 0 radical (unpaired) electrons. The van der Waals surface area contributed by atoms with Gasteiger partial charge in [-0.05, 0) is 51.9 Å². The van der Waals surface area contributed by atoms with Gasteiger partial charge in [-0.3, -0.25) is 4.79 Å². The zero-order valence-corrected chi connectivity index (χ0v) is 14.5. The Bertz CT molecular complexity index is 666. The van der Waals surface area contributed by atoms with Gasteiger partial charge in [-0.15, -0.1) is 11.3 Å². The summed E-state index contributed by atoms with van der Waals surface area (Å²) in [5.41, 5.74) is 2.58. The number of nitrogens with zero attached hydrogens (tertiary/aromatic N) is 3. The predicted octanol–water partition coefficient (Wildman–Crippen LogP) is 3.07. The number of aryl methyl sites for hydroxylation is 2. The molecule has 2 heterocycles. The lowest BCUT2D eigenvalue weighted by molar-refractivity contribution is 0.101. The molecule has 0 fully saturated rings. The van der Waals surface area contributed by atoms with Gasteiger partial charge in [0.2, 0.25) is 5.95 Å². The van der Waals surface area contributed by atoms with Crippen LogP contribution in [0, 0.1) is 13.8 Å². The monoisotopic (exact) mass is 318 g/mol. The summed E-state index contributed by atoms with van der Waals surface area (Å²) < 4.78 is 0. The van der Waals surface area contributed by atoms with E-state index in [0.717, 1.165) is 0 Å². The maximum atomic E-state index is 11.4. The Kier molecular flexibility index (Phi) is 5.26. The highest BCUT2D eigenvalue weighted by molar-refractivity contribution is 7.10. The summed E-state index contributed by atoms with van der Waals surface area (Å²) in [5, 5.41) is 5.39. The van der Waals surface area contributed by atoms with Crippen LogP contribution in [0.3, 0.4) is 0 Å². The van der Waals surface area contributed by atoms with E-state index < -0.39 is 0 Å². The van der Waals surface area contributed by atoms with Crippen LogP contribution in [0.1, 0.15) is 39.5 Å². The highest BCUT2D eigenvalue weighted by Crippen LogP contribution is 2.27. The fraction of sp³-hybridized carbons (Fsp3) is 0.438. The Morgan fingerprint density at radius 1 is 1.41 bits per heavy atom. The first-order valence-electron chi connectivity index (χ1n) is 7.19. The SMILES string of the molecule is CC(=O)c1cnc(NC[C@@H](c2sccc2C)N(C)C)nc1C. The van der Waals surface area contributed by atoms with Crippen molar-refractivity contribution in [3.8, 4) is 0 Å². The maximum absolute atomic E-state index is 11.4. The number of anilines is 1. The lowest BCUT2D eigenvalue weighted by Gasteiger charge is -2.24. The van der Waals surface area contributed by atoms with E-state index in [1.165, 1.54) is 17.4 Å². The summed E-state index contributed by atoms with van der Waals surface area (Å²) in [6.07, 6.45) is 1.59. The summed E-state index contributed by atoms with van der Waals surface area (Å²) in [5.74, 6) is 0.549. The number of Topliss-reactive ketones (excluding diaryl/α,β-unsaturated/α-hetero) is 1. The van der Waals surface area contributed by atoms with Gasteiger partial charge in [0.05, 0.1) is 17.3 Å². The normalized spacial score (nSPS) is 12.5. The molecule has 118 valence electrons. The molecule has 0 aliphatic rings. The number of likely N-dealkylation sites (N-methyl/N-ethyl adjacent to an activating group) is 1. The van der Waals surface area contributed by atoms with Gasteiger partial charge >= 0.3 is 0 Å². The van der Waals surface area contributed by atoms with Gasteiger partial charge in [-0.25, -0.2) is 9.97 Å². The first-order valence-corrected chi connectivity index (χ1v) is 8.07. The molecule has 0 aliphatic carbocycles. The average Bonchev–Trinajstić information content (AvgIpc) is 2.84. The van der Waals surface area contributed by atoms with E-state index >= 15 is 0 Å². The van der Waals surface area contributed by atoms with E-state index in [4.69, 9.17) is 0 Å². The van der Waals surface area contributed by atoms with Gasteiger partial charge in [0, 0.05) is 17.6 Å². The molecule has 0 aliphatic heterocycles. The Hall–Kier alpha value is -1.79. The fourth-order valence-corrected chi connectivity index (χ4v) is 3.45. The number of rotatable bonds is 6. The van der Waals surface area contributed by atoms with Crippen LogP contribution in [0.25, 0.3) is 0 Å². The van der Waals surface area contributed by atoms with E-state index in [1.54, 1.807) is 17.5 Å². The second-order valence-corrected chi connectivity index (χ2v) is 6.52. The number of hydrogen-bond donors (Lipinski definition) is 1. The van der Waals surface area contributed by atoms with Crippen molar-refractivity contribution in [3.05, 3.63) is 39.3 Å². The van der Waals surface area contributed by atoms with Gasteiger partial charge in [0.15, 0.2) is 5.78 Å². The van der Waals surface area contributed by atoms with Gasteiger partial charge in [-0.2, -0.15) is 0 Å². The standard InChI is InChI=1S/C16H22N4OS/c1-10-6-7-22-15(10)14(20(4)5)9-18-16-17-8-13(12(3)21)11(2)19-16/h6-8,14H,9H2,1-5H3,(H,17,18,19)/t14-/m0/s1. The molecule has 1 atom stereocenters. The molecule has 2 aromatic heterocycles. The van der Waals surface area contributed by atoms with Crippen molar-refractivity contribution >= 4 is 23.1 Å². The Labute approximate surface area is 135 Å². The third kappa shape index (κ3) is 3.69. The van der Waals surface area contributed by atoms with Crippen molar-refractivity contribution in [1.29, 1.82) is 0 Å². The van der Waals surface area contributed by atoms with E-state index in [0.29, 0.717) is 23.8 Å². The molecule has 0 saturated carbocycles. The highest BCUT2D eigenvalue weighted by Gasteiger charge is 2.18. The number of carbonyl (C=O) groups excluding carboxylic acids is 1. The second kappa shape index (κ2) is 6.98. The molecule has 0 unspecified atom stereocenters. The maximum Gasteiger partial charge on any atom is 0.222 e. The summed E-state index contributed by atoms with van der Waals surface area (Å²) >= 11 is 1.76. The van der Waals surface area contributed by atoms with Crippen molar-refractivity contribution in [3.63, 3.8) is 0 Å². The van der Waals surface area contributed by atoms with Crippen LogP contribution >= 0.6 is 11.3 Å². The number of nitrogens with one attached hydrogen (secondary N) is 1. The molecule has 2 aromatic rings. The van der Waals surface area contributed by atoms with Crippen LogP contribution < -0.4 is 5.32 Å². The number of hydrogen-bond acceptors (Lipinski definition) is 6. The second-order valence-electron chi connectivity index (χ2n) is 5.58. The number of aromatic nitrogens is 2. The summed E-state index contributed by atoms with van der Waals surface area (Å²) in [6, 6.07) is 2.40. The van der Waals surface area contributed by atoms with E-state index in [1.807, 2.05) is 6.92 Å². The third-order valence-corrected chi connectivity index (χ3v) is 4.76. The third-order valence-electron chi connectivity index (χ3n) is 3.64. The summed E-state index contributed by atoms with van der Waals surface area (Å²) in [4.78, 5) is 23.6. The van der Waals surface area contributed by atoms with Crippen LogP contribution in [0.5, 0.6) is 0 Å². The smallest absolute Gasteiger partial charge is 0.222 e. The van der Waals surface area contributed by atoms with Crippen LogP contribution in [-0.4, -0.2) is 41.3 Å². The number of carbonyl (C=O) groups is 1. The van der Waals surface area contributed by atoms with Gasteiger partial charge < -0.3 is 10.2 Å². The largest absolute Gasteiger partial charge is 0.352 e. The zero-order valence-electron chi connectivity index (χ0n) is 13.7. The molecule has 0 saturated heterocycles. The Morgan fingerprint density at radius 2 is 2.14 bits per heavy atom. The lowest BCUT2D eigenvalue weighted by atomic mass is 10.1. The minimum atomic E-state index is -0.00979. The quantitative estimate of drug-likeness (QED) is 0.830. The van der Waals surface area contributed by atoms with E-state index in [-0.39, 0.29) is 11.8 Å².